The molecule has 0 saturated carbocycles. The van der Waals surface area contributed by atoms with E-state index in [0.29, 0.717) is 0 Å². The average Bonchev–Trinajstić information content (AvgIpc) is 0. The zero-order valence-electron chi connectivity index (χ0n) is 1.92. The van der Waals surface area contributed by atoms with Gasteiger partial charge in [-0.1, -0.05) is 0 Å². The third-order valence-corrected chi connectivity index (χ3v) is 0. The second kappa shape index (κ2) is 18.4. The Morgan fingerprint density at radius 3 is 1.00 bits per heavy atom. The molecule has 0 nitrogen and oxygen atoms in total. The van der Waals surface area contributed by atoms with Gasteiger partial charge in [0.25, 0.3) is 0 Å². The minimum atomic E-state index is 0. The molecule has 0 spiro atoms. The predicted molar refractivity (Wildman–Crippen MR) is 11.5 cm³/mol. The maximum absolute atomic E-state index is 0. The largest absolute Gasteiger partial charge is 0 e. The van der Waals surface area contributed by atoms with Gasteiger partial charge in [0.05, 0.1) is 0 Å². The molecule has 0 aliphatic carbocycles. The van der Waals surface area contributed by atoms with Crippen LogP contribution in [-0.2, 0) is 33.8 Å². The molecule has 0 amide bonds. The minimum absolute atomic E-state index is 0. The van der Waals surface area contributed by atoms with E-state index in [-0.39, 0.29) is 74.3 Å². The van der Waals surface area contributed by atoms with E-state index >= 15 is 0 Å². The molecule has 0 heterocycles. The van der Waals surface area contributed by atoms with Gasteiger partial charge in [-0.15, -0.1) is 0 Å². The van der Waals surface area contributed by atoms with Gasteiger partial charge in [-0.3, -0.25) is 0 Å². The Labute approximate surface area is 73.4 Å². The number of rotatable bonds is 0. The van der Waals surface area contributed by atoms with E-state index in [2.05, 4.69) is 0 Å². The van der Waals surface area contributed by atoms with Crippen molar-refractivity contribution < 1.29 is 33.8 Å². The first-order valence-corrected chi connectivity index (χ1v) is 0. The van der Waals surface area contributed by atoms with Crippen molar-refractivity contribution in [1.82, 2.24) is 0 Å². The fraction of sp³-hybridized carbons (Fsp3) is 0. The van der Waals surface area contributed by atoms with Crippen molar-refractivity contribution in [2.24, 2.45) is 0 Å². The van der Waals surface area contributed by atoms with Crippen LogP contribution in [0.3, 0.4) is 0 Å². The first-order valence-electron chi connectivity index (χ1n) is 0. The normalized spacial score (nSPS) is 0. The summed E-state index contributed by atoms with van der Waals surface area (Å²) in [5.74, 6) is 0. The van der Waals surface area contributed by atoms with Gasteiger partial charge in [0.1, 0.15) is 0 Å². The van der Waals surface area contributed by atoms with Crippen LogP contribution in [0.2, 0.25) is 0 Å². The third-order valence-electron chi connectivity index (χ3n) is 0. The van der Waals surface area contributed by atoms with E-state index in [1.54, 1.807) is 0 Å². The first kappa shape index (κ1) is 33.2. The summed E-state index contributed by atoms with van der Waals surface area (Å²) in [4.78, 5) is 0. The van der Waals surface area contributed by atoms with Crippen molar-refractivity contribution in [3.05, 3.63) is 0 Å². The van der Waals surface area contributed by atoms with Crippen molar-refractivity contribution in [1.29, 1.82) is 0 Å². The predicted octanol–water partition coefficient (Wildman–Crippen LogP) is -0.767. The molecular weight excluding hydrogens is 174 g/mol. The zero-order valence-corrected chi connectivity index (χ0v) is 6.47. The summed E-state index contributed by atoms with van der Waals surface area (Å²) >= 11 is 0. The smallest absolute Gasteiger partial charge is 0 e. The van der Waals surface area contributed by atoms with Crippen molar-refractivity contribution in [2.75, 3.05) is 0 Å². The molecule has 4 heteroatoms. The molecule has 0 rings (SSSR count). The quantitative estimate of drug-likeness (QED) is 0.423. The van der Waals surface area contributed by atoms with Crippen LogP contribution in [0.5, 0.6) is 0 Å². The van der Waals surface area contributed by atoms with Gasteiger partial charge in [-0.25, -0.2) is 0 Å². The summed E-state index contributed by atoms with van der Waals surface area (Å²) in [6.07, 6.45) is 0. The van der Waals surface area contributed by atoms with Gasteiger partial charge in [-0.05, 0) is 0 Å². The summed E-state index contributed by atoms with van der Waals surface area (Å²) < 4.78 is 0. The second-order valence-corrected chi connectivity index (χ2v) is 0. The molecule has 7 radical (unpaired) electrons. The van der Waals surface area contributed by atoms with Crippen LogP contribution in [0, 0.1) is 0 Å². The fourth-order valence-electron chi connectivity index (χ4n) is 0. The van der Waals surface area contributed by atoms with Gasteiger partial charge in [-0.2, -0.15) is 0 Å². The molecule has 0 aromatic heterocycles. The summed E-state index contributed by atoms with van der Waals surface area (Å²) in [5.41, 5.74) is 0. The Hall–Kier alpha value is 2.32. The molecule has 0 atom stereocenters. The second-order valence-electron chi connectivity index (χ2n) is 0. The molecule has 0 saturated heterocycles. The third kappa shape index (κ3) is 8.85. The van der Waals surface area contributed by atoms with E-state index in [4.69, 9.17) is 0 Å². The zero-order chi connectivity index (χ0) is 0. The van der Waals surface area contributed by atoms with E-state index in [0.717, 1.165) is 0 Å². The maximum atomic E-state index is 0. The average molecular weight is 174 g/mol. The maximum Gasteiger partial charge on any atom is 0 e. The standard InChI is InChI=1S/Al.Co.Cu.Mg. The van der Waals surface area contributed by atoms with Gasteiger partial charge < -0.3 is 0 Å². The minimum Gasteiger partial charge on any atom is 0 e. The molecule has 0 unspecified atom stereocenters. The Kier molecular flexibility index (Phi) is 153. The van der Waals surface area contributed by atoms with Crippen molar-refractivity contribution in [3.8, 4) is 0 Å². The molecule has 0 aromatic carbocycles. The Balaban J connectivity index is 0. The van der Waals surface area contributed by atoms with E-state index in [1.165, 1.54) is 0 Å². The molecule has 0 aromatic rings. The van der Waals surface area contributed by atoms with E-state index in [9.17, 15) is 0 Å². The van der Waals surface area contributed by atoms with E-state index < -0.39 is 0 Å². The van der Waals surface area contributed by atoms with Crippen LogP contribution in [0.15, 0.2) is 0 Å². The number of hydrogen-bond donors (Lipinski definition) is 0. The van der Waals surface area contributed by atoms with Crippen LogP contribution in [-0.4, -0.2) is 40.4 Å². The fourth-order valence-corrected chi connectivity index (χ4v) is 0. The van der Waals surface area contributed by atoms with E-state index in [1.807, 2.05) is 0 Å². The van der Waals surface area contributed by atoms with Crippen LogP contribution < -0.4 is 0 Å². The molecule has 4 heavy (non-hydrogen) atoms. The topological polar surface area (TPSA) is 0 Å². The first-order chi connectivity index (χ1) is 0. The van der Waals surface area contributed by atoms with Gasteiger partial charge in [0, 0.05) is 74.3 Å². The van der Waals surface area contributed by atoms with Crippen LogP contribution in [0.1, 0.15) is 0 Å². The molecule has 0 fully saturated rings. The summed E-state index contributed by atoms with van der Waals surface area (Å²) in [6.45, 7) is 0. The summed E-state index contributed by atoms with van der Waals surface area (Å²) in [5, 5.41) is 0. The van der Waals surface area contributed by atoms with Gasteiger partial charge >= 0.3 is 0 Å². The van der Waals surface area contributed by atoms with Crippen molar-refractivity contribution >= 4 is 40.4 Å². The Bertz CT molecular complexity index is 8.00. The van der Waals surface area contributed by atoms with Crippen LogP contribution in [0.4, 0.5) is 0 Å². The molecule has 25 valence electrons. The molecule has 0 aliphatic rings. The summed E-state index contributed by atoms with van der Waals surface area (Å²) in [7, 11) is 0. The molecular formula is AlCoCuMg. The summed E-state index contributed by atoms with van der Waals surface area (Å²) in [6, 6.07) is 0. The Morgan fingerprint density at radius 1 is 1.00 bits per heavy atom. The van der Waals surface area contributed by atoms with Gasteiger partial charge in [0.15, 0.2) is 0 Å². The number of hydrogen-bond acceptors (Lipinski definition) is 0. The SMILES string of the molecule is [Al].[Co].[Cu].[Mg]. The van der Waals surface area contributed by atoms with Crippen LogP contribution >= 0.6 is 0 Å². The van der Waals surface area contributed by atoms with Crippen LogP contribution in [0.25, 0.3) is 0 Å². The molecule has 0 aliphatic heterocycles. The van der Waals surface area contributed by atoms with Crippen molar-refractivity contribution in [3.63, 3.8) is 0 Å². The Morgan fingerprint density at radius 2 is 1.00 bits per heavy atom. The van der Waals surface area contributed by atoms with Crippen molar-refractivity contribution in [2.45, 2.75) is 0 Å². The molecule has 0 bridgehead atoms. The monoisotopic (exact) mass is 173 g/mol. The van der Waals surface area contributed by atoms with Gasteiger partial charge in [0.2, 0.25) is 0 Å². The molecule has 0 N–H and O–H groups in total.